The molecule has 0 aromatic heterocycles. The molecule has 0 aliphatic rings. The van der Waals surface area contributed by atoms with Gasteiger partial charge < -0.3 is 9.05 Å². The van der Waals surface area contributed by atoms with Gasteiger partial charge in [0.2, 0.25) is 6.49 Å². The first-order valence-corrected chi connectivity index (χ1v) is 8.70. The minimum atomic E-state index is -2.27. The van der Waals surface area contributed by atoms with Gasteiger partial charge in [-0.05, 0) is 32.1 Å². The van der Waals surface area contributed by atoms with Gasteiger partial charge in [0.15, 0.2) is 0 Å². The smallest absolute Gasteiger partial charge is 0.203 e. The second kappa shape index (κ2) is 9.19. The molecule has 1 unspecified atom stereocenters. The highest BCUT2D eigenvalue weighted by molar-refractivity contribution is 8.10. The predicted octanol–water partition coefficient (Wildman–Crippen LogP) is 3.95. The fourth-order valence-corrected chi connectivity index (χ4v) is 4.46. The highest BCUT2D eigenvalue weighted by Crippen LogP contribution is 2.54. The maximum absolute atomic E-state index is 5.61. The van der Waals surface area contributed by atoms with Crippen LogP contribution in [0.5, 0.6) is 0 Å². The van der Waals surface area contributed by atoms with E-state index >= 15 is 0 Å². The summed E-state index contributed by atoms with van der Waals surface area (Å²) in [6, 6.07) is 0. The Morgan fingerprint density at radius 3 is 2.12 bits per heavy atom. The molecule has 0 N–H and O–H groups in total. The predicted molar refractivity (Wildman–Crippen MR) is 74.3 cm³/mol. The highest BCUT2D eigenvalue weighted by Gasteiger charge is 2.28. The number of hydrogen-bond donors (Lipinski definition) is 0. The number of terminal acetylenes is 1. The van der Waals surface area contributed by atoms with Gasteiger partial charge in [-0.15, -0.1) is 6.42 Å². The van der Waals surface area contributed by atoms with Crippen molar-refractivity contribution >= 4 is 18.3 Å². The zero-order chi connectivity index (χ0) is 12.4. The Kier molecular flexibility index (Phi) is 9.26. The lowest BCUT2D eigenvalue weighted by molar-refractivity contribution is 0.262. The molecule has 0 spiro atoms. The molecule has 0 radical (unpaired) electrons. The molecular formula is C12H23O2PS. The van der Waals surface area contributed by atoms with E-state index in [1.807, 2.05) is 13.8 Å². The maximum atomic E-state index is 5.61. The fraction of sp³-hybridized carbons (Fsp3) is 0.833. The summed E-state index contributed by atoms with van der Waals surface area (Å²) < 4.78 is 11.2. The summed E-state index contributed by atoms with van der Waals surface area (Å²) in [6.07, 6.45) is 9.94. The van der Waals surface area contributed by atoms with E-state index in [-0.39, 0.29) is 5.66 Å². The molecule has 2 nitrogen and oxygen atoms in total. The average molecular weight is 262 g/mol. The van der Waals surface area contributed by atoms with Crippen LogP contribution in [0, 0.1) is 12.3 Å². The van der Waals surface area contributed by atoms with E-state index in [9.17, 15) is 0 Å². The van der Waals surface area contributed by atoms with Crippen molar-refractivity contribution in [1.29, 1.82) is 0 Å². The first kappa shape index (κ1) is 16.1. The molecule has 4 heteroatoms. The zero-order valence-corrected chi connectivity index (χ0v) is 12.3. The summed E-state index contributed by atoms with van der Waals surface area (Å²) in [7, 11) is 0. The second-order valence-corrected chi connectivity index (χ2v) is 7.30. The van der Waals surface area contributed by atoms with Crippen LogP contribution < -0.4 is 0 Å². The van der Waals surface area contributed by atoms with Crippen molar-refractivity contribution in [1.82, 2.24) is 0 Å². The monoisotopic (exact) mass is 262 g/mol. The van der Waals surface area contributed by atoms with Gasteiger partial charge in [0.05, 0.1) is 18.9 Å². The van der Waals surface area contributed by atoms with Crippen LogP contribution in [-0.4, -0.2) is 18.9 Å². The van der Waals surface area contributed by atoms with Crippen LogP contribution in [0.15, 0.2) is 0 Å². The Morgan fingerprint density at radius 2 is 1.75 bits per heavy atom. The zero-order valence-electron chi connectivity index (χ0n) is 10.6. The molecule has 0 aliphatic carbocycles. The normalized spacial score (nSPS) is 13.4. The van der Waals surface area contributed by atoms with E-state index in [4.69, 9.17) is 27.3 Å². The van der Waals surface area contributed by atoms with Crippen molar-refractivity contribution in [2.45, 2.75) is 52.1 Å². The van der Waals surface area contributed by atoms with Crippen LogP contribution in [0.3, 0.4) is 0 Å². The Hall–Kier alpha value is 0.130. The molecule has 0 aromatic carbocycles. The topological polar surface area (TPSA) is 18.5 Å². The van der Waals surface area contributed by atoms with E-state index in [0.717, 1.165) is 12.8 Å². The molecular weight excluding hydrogens is 239 g/mol. The van der Waals surface area contributed by atoms with Gasteiger partial charge in [0.25, 0.3) is 0 Å². The van der Waals surface area contributed by atoms with E-state index in [1.54, 1.807) is 0 Å². The standard InChI is InChI=1S/C12H23O2PS/c1-5-9-10-11-12(6-2)15(16,13-7-3)14-8-4/h2,12H,5,7-11H2,1,3-4H3. The molecule has 0 heterocycles. The SMILES string of the molecule is C#CC(CCCCC)P(=S)(OCC)OCC. The lowest BCUT2D eigenvalue weighted by Gasteiger charge is -2.26. The van der Waals surface area contributed by atoms with Crippen molar-refractivity contribution in [2.24, 2.45) is 0 Å². The van der Waals surface area contributed by atoms with Crippen LogP contribution in [0.2, 0.25) is 0 Å². The quantitative estimate of drug-likeness (QED) is 0.356. The number of rotatable bonds is 9. The van der Waals surface area contributed by atoms with Crippen molar-refractivity contribution < 1.29 is 9.05 Å². The fourth-order valence-electron chi connectivity index (χ4n) is 1.50. The Balaban J connectivity index is 4.47. The van der Waals surface area contributed by atoms with Gasteiger partial charge in [0.1, 0.15) is 0 Å². The Bertz CT molecular complexity index is 250. The third-order valence-corrected chi connectivity index (χ3v) is 6.08. The van der Waals surface area contributed by atoms with Crippen molar-refractivity contribution in [3.63, 3.8) is 0 Å². The molecule has 1 atom stereocenters. The van der Waals surface area contributed by atoms with Gasteiger partial charge in [0, 0.05) is 0 Å². The minimum Gasteiger partial charge on any atom is -0.329 e. The van der Waals surface area contributed by atoms with Crippen molar-refractivity contribution in [2.75, 3.05) is 13.2 Å². The van der Waals surface area contributed by atoms with Crippen LogP contribution in [-0.2, 0) is 20.9 Å². The number of unbranched alkanes of at least 4 members (excludes halogenated alkanes) is 2. The minimum absolute atomic E-state index is 0.0334. The summed E-state index contributed by atoms with van der Waals surface area (Å²) in [4.78, 5) is 0. The van der Waals surface area contributed by atoms with Crippen LogP contribution in [0.25, 0.3) is 0 Å². The second-order valence-electron chi connectivity index (χ2n) is 3.55. The van der Waals surface area contributed by atoms with E-state index in [2.05, 4.69) is 12.8 Å². The highest BCUT2D eigenvalue weighted by atomic mass is 32.5. The Morgan fingerprint density at radius 1 is 1.19 bits per heavy atom. The largest absolute Gasteiger partial charge is 0.329 e. The molecule has 0 amide bonds. The average Bonchev–Trinajstić information content (AvgIpc) is 2.25. The van der Waals surface area contributed by atoms with Crippen molar-refractivity contribution in [3.05, 3.63) is 0 Å². The summed E-state index contributed by atoms with van der Waals surface area (Å²) >= 11 is 5.49. The lowest BCUT2D eigenvalue weighted by atomic mass is 10.1. The molecule has 16 heavy (non-hydrogen) atoms. The molecule has 0 aliphatic heterocycles. The van der Waals surface area contributed by atoms with Gasteiger partial charge in [-0.25, -0.2) is 0 Å². The number of hydrogen-bond acceptors (Lipinski definition) is 3. The van der Waals surface area contributed by atoms with Crippen LogP contribution >= 0.6 is 6.49 Å². The molecule has 0 saturated carbocycles. The van der Waals surface area contributed by atoms with Crippen LogP contribution in [0.1, 0.15) is 46.5 Å². The summed E-state index contributed by atoms with van der Waals surface area (Å²) in [5.41, 5.74) is -0.0334. The molecule has 0 bridgehead atoms. The first-order chi connectivity index (χ1) is 7.64. The molecule has 0 aromatic rings. The molecule has 94 valence electrons. The third kappa shape index (κ3) is 5.46. The van der Waals surface area contributed by atoms with E-state index in [0.29, 0.717) is 13.2 Å². The van der Waals surface area contributed by atoms with Gasteiger partial charge in [-0.3, -0.25) is 0 Å². The third-order valence-electron chi connectivity index (χ3n) is 2.27. The molecule has 0 fully saturated rings. The summed E-state index contributed by atoms with van der Waals surface area (Å²) in [6.45, 7) is 4.91. The van der Waals surface area contributed by atoms with Gasteiger partial charge >= 0.3 is 0 Å². The van der Waals surface area contributed by atoms with Crippen LogP contribution in [0.4, 0.5) is 0 Å². The molecule has 0 saturated heterocycles. The van der Waals surface area contributed by atoms with Gasteiger partial charge in [-0.2, -0.15) is 0 Å². The van der Waals surface area contributed by atoms with Gasteiger partial charge in [-0.1, -0.05) is 32.1 Å². The first-order valence-electron chi connectivity index (χ1n) is 5.99. The van der Waals surface area contributed by atoms with Crippen molar-refractivity contribution in [3.8, 4) is 12.3 Å². The summed E-state index contributed by atoms with van der Waals surface area (Å²) in [5.74, 6) is 2.77. The van der Waals surface area contributed by atoms with E-state index < -0.39 is 6.49 Å². The van der Waals surface area contributed by atoms with E-state index in [1.165, 1.54) is 12.8 Å². The molecule has 0 rings (SSSR count). The Labute approximate surface area is 105 Å². The maximum Gasteiger partial charge on any atom is 0.203 e. The summed E-state index contributed by atoms with van der Waals surface area (Å²) in [5, 5.41) is 0. The lowest BCUT2D eigenvalue weighted by Crippen LogP contribution is -2.11.